The topological polar surface area (TPSA) is 47.9 Å². The standard InChI is InChI=1S/C18H17N3O/c1-22-17-13-20-18(16-9-5-6-12-19-16)21-15(17)11-10-14-7-3-2-4-8-14/h2-9,12-13H,10-11H2,1H3. The lowest BCUT2D eigenvalue weighted by atomic mass is 10.1. The van der Waals surface area contributed by atoms with Crippen LogP contribution in [-0.4, -0.2) is 22.1 Å². The Morgan fingerprint density at radius 3 is 2.45 bits per heavy atom. The summed E-state index contributed by atoms with van der Waals surface area (Å²) >= 11 is 0. The second kappa shape index (κ2) is 6.80. The third kappa shape index (κ3) is 3.28. The average Bonchev–Trinajstić information content (AvgIpc) is 2.61. The van der Waals surface area contributed by atoms with Gasteiger partial charge in [-0.2, -0.15) is 0 Å². The number of methoxy groups -OCH3 is 1. The van der Waals surface area contributed by atoms with Gasteiger partial charge in [0.05, 0.1) is 19.0 Å². The monoisotopic (exact) mass is 291 g/mol. The maximum absolute atomic E-state index is 5.38. The Morgan fingerprint density at radius 2 is 1.73 bits per heavy atom. The third-order valence-electron chi connectivity index (χ3n) is 3.44. The number of aryl methyl sites for hydroxylation is 2. The number of hydrogen-bond donors (Lipinski definition) is 0. The number of pyridine rings is 1. The van der Waals surface area contributed by atoms with Gasteiger partial charge in [0.25, 0.3) is 0 Å². The van der Waals surface area contributed by atoms with E-state index in [4.69, 9.17) is 4.74 Å². The van der Waals surface area contributed by atoms with Gasteiger partial charge in [0.1, 0.15) is 5.69 Å². The highest BCUT2D eigenvalue weighted by atomic mass is 16.5. The van der Waals surface area contributed by atoms with Crippen molar-refractivity contribution in [2.24, 2.45) is 0 Å². The summed E-state index contributed by atoms with van der Waals surface area (Å²) in [6.07, 6.45) is 5.18. The van der Waals surface area contributed by atoms with Crippen molar-refractivity contribution in [3.63, 3.8) is 0 Å². The summed E-state index contributed by atoms with van der Waals surface area (Å²) in [6.45, 7) is 0. The van der Waals surface area contributed by atoms with Crippen LogP contribution < -0.4 is 4.74 Å². The molecule has 0 aliphatic carbocycles. The van der Waals surface area contributed by atoms with Crippen LogP contribution >= 0.6 is 0 Å². The molecule has 0 aliphatic heterocycles. The number of nitrogens with zero attached hydrogens (tertiary/aromatic N) is 3. The lowest BCUT2D eigenvalue weighted by molar-refractivity contribution is 0.404. The molecule has 0 spiro atoms. The lowest BCUT2D eigenvalue weighted by Gasteiger charge is -2.09. The van der Waals surface area contributed by atoms with Crippen LogP contribution in [0.15, 0.2) is 60.9 Å². The first kappa shape index (κ1) is 14.2. The molecule has 0 aliphatic rings. The zero-order chi connectivity index (χ0) is 15.2. The molecule has 1 aromatic carbocycles. The van der Waals surface area contributed by atoms with Crippen LogP contribution in [-0.2, 0) is 12.8 Å². The molecule has 3 aromatic rings. The fourth-order valence-corrected chi connectivity index (χ4v) is 2.28. The zero-order valence-corrected chi connectivity index (χ0v) is 12.4. The molecule has 0 N–H and O–H groups in total. The molecular weight excluding hydrogens is 274 g/mol. The average molecular weight is 291 g/mol. The fourth-order valence-electron chi connectivity index (χ4n) is 2.28. The van der Waals surface area contributed by atoms with Crippen LogP contribution in [0.4, 0.5) is 0 Å². The number of benzene rings is 1. The minimum atomic E-state index is 0.629. The summed E-state index contributed by atoms with van der Waals surface area (Å²) in [7, 11) is 1.64. The van der Waals surface area contributed by atoms with Crippen molar-refractivity contribution in [1.82, 2.24) is 15.0 Å². The first-order valence-electron chi connectivity index (χ1n) is 7.22. The van der Waals surface area contributed by atoms with E-state index in [0.29, 0.717) is 5.82 Å². The molecule has 0 radical (unpaired) electrons. The molecule has 0 saturated heterocycles. The van der Waals surface area contributed by atoms with Gasteiger partial charge in [-0.05, 0) is 30.5 Å². The number of ether oxygens (including phenoxy) is 1. The molecule has 0 saturated carbocycles. The first-order valence-corrected chi connectivity index (χ1v) is 7.22. The maximum Gasteiger partial charge on any atom is 0.178 e. The number of hydrogen-bond acceptors (Lipinski definition) is 4. The van der Waals surface area contributed by atoms with Crippen molar-refractivity contribution in [3.8, 4) is 17.3 Å². The van der Waals surface area contributed by atoms with Crippen LogP contribution in [0.1, 0.15) is 11.3 Å². The SMILES string of the molecule is COc1cnc(-c2ccccn2)nc1CCc1ccccc1. The molecule has 3 rings (SSSR count). The molecule has 2 aromatic heterocycles. The molecule has 110 valence electrons. The Balaban J connectivity index is 1.85. The van der Waals surface area contributed by atoms with Crippen molar-refractivity contribution in [3.05, 3.63) is 72.2 Å². The van der Waals surface area contributed by atoms with Gasteiger partial charge < -0.3 is 4.74 Å². The van der Waals surface area contributed by atoms with Gasteiger partial charge in [0.2, 0.25) is 0 Å². The van der Waals surface area contributed by atoms with Crippen molar-refractivity contribution in [2.75, 3.05) is 7.11 Å². The Bertz CT molecular complexity index is 730. The summed E-state index contributed by atoms with van der Waals surface area (Å²) < 4.78 is 5.38. The summed E-state index contributed by atoms with van der Waals surface area (Å²) in [5, 5.41) is 0. The molecule has 0 bridgehead atoms. The summed E-state index contributed by atoms with van der Waals surface area (Å²) in [6, 6.07) is 16.1. The van der Waals surface area contributed by atoms with Gasteiger partial charge in [-0.3, -0.25) is 4.98 Å². The summed E-state index contributed by atoms with van der Waals surface area (Å²) in [5.74, 6) is 1.35. The molecular formula is C18H17N3O. The van der Waals surface area contributed by atoms with Crippen molar-refractivity contribution in [1.29, 1.82) is 0 Å². The minimum absolute atomic E-state index is 0.629. The lowest BCUT2D eigenvalue weighted by Crippen LogP contribution is -2.02. The second-order valence-corrected chi connectivity index (χ2v) is 4.91. The van der Waals surface area contributed by atoms with Gasteiger partial charge in [0.15, 0.2) is 11.6 Å². The van der Waals surface area contributed by atoms with Crippen molar-refractivity contribution < 1.29 is 4.74 Å². The van der Waals surface area contributed by atoms with E-state index in [9.17, 15) is 0 Å². The largest absolute Gasteiger partial charge is 0.493 e. The molecule has 4 nitrogen and oxygen atoms in total. The van der Waals surface area contributed by atoms with Crippen molar-refractivity contribution in [2.45, 2.75) is 12.8 Å². The normalized spacial score (nSPS) is 10.4. The van der Waals surface area contributed by atoms with E-state index in [0.717, 1.165) is 30.0 Å². The van der Waals surface area contributed by atoms with E-state index >= 15 is 0 Å². The quantitative estimate of drug-likeness (QED) is 0.723. The van der Waals surface area contributed by atoms with Crippen LogP contribution in [0.3, 0.4) is 0 Å². The Labute approximate surface area is 129 Å². The second-order valence-electron chi connectivity index (χ2n) is 4.91. The van der Waals surface area contributed by atoms with E-state index in [1.807, 2.05) is 36.4 Å². The van der Waals surface area contributed by atoms with E-state index in [1.165, 1.54) is 5.56 Å². The maximum atomic E-state index is 5.38. The highest BCUT2D eigenvalue weighted by molar-refractivity contribution is 5.49. The van der Waals surface area contributed by atoms with E-state index in [-0.39, 0.29) is 0 Å². The minimum Gasteiger partial charge on any atom is -0.493 e. The molecule has 4 heteroatoms. The molecule has 22 heavy (non-hydrogen) atoms. The van der Waals surface area contributed by atoms with Gasteiger partial charge in [-0.15, -0.1) is 0 Å². The van der Waals surface area contributed by atoms with E-state index < -0.39 is 0 Å². The molecule has 0 amide bonds. The molecule has 0 unspecified atom stereocenters. The van der Waals surface area contributed by atoms with E-state index in [2.05, 4.69) is 27.1 Å². The van der Waals surface area contributed by atoms with Crippen molar-refractivity contribution >= 4 is 0 Å². The Hall–Kier alpha value is -2.75. The fraction of sp³-hybridized carbons (Fsp3) is 0.167. The highest BCUT2D eigenvalue weighted by Gasteiger charge is 2.10. The van der Waals surface area contributed by atoms with Gasteiger partial charge in [-0.25, -0.2) is 9.97 Å². The predicted molar refractivity (Wildman–Crippen MR) is 85.7 cm³/mol. The Kier molecular flexibility index (Phi) is 4.39. The van der Waals surface area contributed by atoms with Gasteiger partial charge in [0, 0.05) is 6.20 Å². The molecule has 0 atom stereocenters. The van der Waals surface area contributed by atoms with Crippen LogP contribution in [0.5, 0.6) is 5.75 Å². The van der Waals surface area contributed by atoms with Crippen LogP contribution in [0, 0.1) is 0 Å². The number of aromatic nitrogens is 3. The highest BCUT2D eigenvalue weighted by Crippen LogP contribution is 2.20. The Morgan fingerprint density at radius 1 is 0.909 bits per heavy atom. The predicted octanol–water partition coefficient (Wildman–Crippen LogP) is 3.33. The summed E-state index contributed by atoms with van der Waals surface area (Å²) in [4.78, 5) is 13.3. The van der Waals surface area contributed by atoms with E-state index in [1.54, 1.807) is 19.5 Å². The number of rotatable bonds is 5. The smallest absolute Gasteiger partial charge is 0.178 e. The van der Waals surface area contributed by atoms with Gasteiger partial charge >= 0.3 is 0 Å². The third-order valence-corrected chi connectivity index (χ3v) is 3.44. The first-order chi connectivity index (χ1) is 10.9. The molecule has 2 heterocycles. The zero-order valence-electron chi connectivity index (χ0n) is 12.4. The van der Waals surface area contributed by atoms with Gasteiger partial charge in [-0.1, -0.05) is 36.4 Å². The molecule has 0 fully saturated rings. The van der Waals surface area contributed by atoms with Crippen LogP contribution in [0.2, 0.25) is 0 Å². The van der Waals surface area contributed by atoms with Crippen LogP contribution in [0.25, 0.3) is 11.5 Å². The summed E-state index contributed by atoms with van der Waals surface area (Å²) in [5.41, 5.74) is 2.95.